The lowest BCUT2D eigenvalue weighted by atomic mass is 9.54. The van der Waals surface area contributed by atoms with Crippen molar-refractivity contribution in [2.75, 3.05) is 13.6 Å². The van der Waals surface area contributed by atoms with Crippen LogP contribution >= 0.6 is 24.8 Å². The molecule has 10 heteroatoms. The second-order valence-electron chi connectivity index (χ2n) is 10.9. The van der Waals surface area contributed by atoms with Crippen LogP contribution in [0.25, 0.3) is 0 Å². The zero-order valence-corrected chi connectivity index (χ0v) is 22.5. The molecule has 35 heavy (non-hydrogen) atoms. The van der Waals surface area contributed by atoms with E-state index < -0.39 is 12.1 Å². The Morgan fingerprint density at radius 1 is 1.26 bits per heavy atom. The summed E-state index contributed by atoms with van der Waals surface area (Å²) in [4.78, 5) is 27.4. The monoisotopic (exact) mass is 526 g/mol. The first kappa shape index (κ1) is 27.6. The number of likely N-dealkylation sites (N-methyl/N-ethyl adjacent to an activating group) is 1. The Morgan fingerprint density at radius 3 is 2.71 bits per heavy atom. The Hall–Kier alpha value is -2.00. The molecule has 0 aromatic heterocycles. The smallest absolute Gasteiger partial charge is 0.413 e. The average Bonchev–Trinajstić information content (AvgIpc) is 3.09. The van der Waals surface area contributed by atoms with Gasteiger partial charge in [-0.1, -0.05) is 18.2 Å². The molecule has 1 aromatic rings. The minimum Gasteiger partial charge on any atom is -0.485 e. The zero-order valence-electron chi connectivity index (χ0n) is 20.8. The van der Waals surface area contributed by atoms with Crippen molar-refractivity contribution in [3.05, 3.63) is 35.4 Å². The summed E-state index contributed by atoms with van der Waals surface area (Å²) in [6.07, 6.45) is 6.89. The molecule has 1 aromatic carbocycles. The number of piperidine rings is 1. The number of rotatable bonds is 4. The Balaban J connectivity index is 0.00000171. The number of amides is 2. The molecule has 1 spiro atoms. The Bertz CT molecular complexity index is 1030. The van der Waals surface area contributed by atoms with Gasteiger partial charge in [-0.3, -0.25) is 10.2 Å². The summed E-state index contributed by atoms with van der Waals surface area (Å²) in [6.45, 7) is 8.45. The van der Waals surface area contributed by atoms with Crippen molar-refractivity contribution in [2.45, 2.75) is 76.1 Å². The predicted molar refractivity (Wildman–Crippen MR) is 139 cm³/mol. The summed E-state index contributed by atoms with van der Waals surface area (Å²) in [6, 6.07) is 3.62. The largest absolute Gasteiger partial charge is 0.485 e. The van der Waals surface area contributed by atoms with Crippen LogP contribution in [-0.4, -0.2) is 54.2 Å². The molecular formula is C25H36Cl2N4O4. The number of nitrogens with one attached hydrogen (secondary N) is 3. The number of hydrogen-bond donors (Lipinski definition) is 3. The van der Waals surface area contributed by atoms with Crippen LogP contribution in [0.3, 0.4) is 0 Å². The maximum absolute atomic E-state index is 12.7. The number of ether oxygens (including phenoxy) is 2. The number of hydrogen-bond acceptors (Lipinski definition) is 6. The van der Waals surface area contributed by atoms with Crippen molar-refractivity contribution < 1.29 is 19.1 Å². The molecule has 1 fully saturated rings. The normalized spacial score (nSPS) is 28.4. The molecule has 2 heterocycles. The quantitative estimate of drug-likeness (QED) is 0.412. The van der Waals surface area contributed by atoms with Crippen molar-refractivity contribution in [2.24, 2.45) is 5.92 Å². The van der Waals surface area contributed by atoms with Crippen LogP contribution in [0.5, 0.6) is 11.5 Å². The van der Waals surface area contributed by atoms with Crippen LogP contribution in [0.2, 0.25) is 0 Å². The van der Waals surface area contributed by atoms with Gasteiger partial charge in [0.05, 0.1) is 0 Å². The fourth-order valence-electron chi connectivity index (χ4n) is 6.01. The molecule has 2 aliphatic carbocycles. The fraction of sp³-hybridized carbons (Fsp3) is 0.600. The molecule has 194 valence electrons. The third-order valence-electron chi connectivity index (χ3n) is 7.58. The Kier molecular flexibility index (Phi) is 7.73. The minimum absolute atomic E-state index is 0. The third kappa shape index (κ3) is 4.61. The highest BCUT2D eigenvalue weighted by Crippen LogP contribution is 2.62. The molecule has 2 amide bonds. The Morgan fingerprint density at radius 2 is 2.00 bits per heavy atom. The lowest BCUT2D eigenvalue weighted by Crippen LogP contribution is -2.62. The molecule has 1 saturated heterocycles. The topological polar surface area (TPSA) is 91.9 Å². The molecule has 0 saturated carbocycles. The van der Waals surface area contributed by atoms with Crippen molar-refractivity contribution in [1.82, 2.24) is 21.1 Å². The van der Waals surface area contributed by atoms with Crippen molar-refractivity contribution in [3.63, 3.8) is 0 Å². The van der Waals surface area contributed by atoms with Crippen molar-refractivity contribution >= 4 is 36.8 Å². The van der Waals surface area contributed by atoms with Gasteiger partial charge in [0.25, 0.3) is 5.91 Å². The summed E-state index contributed by atoms with van der Waals surface area (Å²) in [5, 5.41) is 2.62. The maximum atomic E-state index is 12.7. The molecular weight excluding hydrogens is 491 g/mol. The molecule has 0 radical (unpaired) electrons. The van der Waals surface area contributed by atoms with E-state index >= 15 is 0 Å². The lowest BCUT2D eigenvalue weighted by molar-refractivity contribution is -0.124. The number of halogens is 2. The van der Waals surface area contributed by atoms with E-state index in [1.807, 2.05) is 26.8 Å². The fourth-order valence-corrected chi connectivity index (χ4v) is 6.01. The van der Waals surface area contributed by atoms with E-state index in [4.69, 9.17) is 9.47 Å². The van der Waals surface area contributed by atoms with Gasteiger partial charge in [0.15, 0.2) is 11.5 Å². The van der Waals surface area contributed by atoms with Crippen LogP contribution < -0.4 is 25.6 Å². The molecule has 2 aliphatic heterocycles. The summed E-state index contributed by atoms with van der Waals surface area (Å²) in [5.41, 5.74) is 7.73. The molecule has 2 bridgehead atoms. The van der Waals surface area contributed by atoms with Gasteiger partial charge in [0, 0.05) is 34.9 Å². The number of likely N-dealkylation sites (tertiary alicyclic amines) is 1. The van der Waals surface area contributed by atoms with Gasteiger partial charge >= 0.3 is 6.09 Å². The molecule has 4 aliphatic rings. The van der Waals surface area contributed by atoms with Crippen LogP contribution in [0.15, 0.2) is 24.3 Å². The molecule has 5 atom stereocenters. The second-order valence-corrected chi connectivity index (χ2v) is 10.9. The van der Waals surface area contributed by atoms with E-state index in [9.17, 15) is 9.59 Å². The van der Waals surface area contributed by atoms with Gasteiger partial charge in [-0.05, 0) is 65.8 Å². The average molecular weight is 527 g/mol. The highest BCUT2D eigenvalue weighted by atomic mass is 35.5. The predicted octanol–water partition coefficient (Wildman–Crippen LogP) is 3.26. The van der Waals surface area contributed by atoms with Gasteiger partial charge < -0.3 is 19.7 Å². The molecule has 5 rings (SSSR count). The van der Waals surface area contributed by atoms with Crippen molar-refractivity contribution in [1.29, 1.82) is 0 Å². The van der Waals surface area contributed by atoms with Crippen LogP contribution in [-0.2, 0) is 16.6 Å². The number of carbonyl (C=O) groups is 2. The Labute approximate surface area is 219 Å². The summed E-state index contributed by atoms with van der Waals surface area (Å²) >= 11 is 0. The summed E-state index contributed by atoms with van der Waals surface area (Å²) in [5.74, 6) is 1.19. The van der Waals surface area contributed by atoms with E-state index in [1.165, 1.54) is 11.1 Å². The summed E-state index contributed by atoms with van der Waals surface area (Å²) in [7, 11) is 2.22. The summed E-state index contributed by atoms with van der Waals surface area (Å²) < 4.78 is 12.2. The first-order valence-corrected chi connectivity index (χ1v) is 11.9. The first-order chi connectivity index (χ1) is 15.6. The SMILES string of the molecule is C[C@@H](NC(=O)Oc1ccc2c3c1O[C@H]1CC=CC4C(C2)N(C)CC[C@@]341)C(=O)NNC(C)(C)C.Cl.Cl. The zero-order chi connectivity index (χ0) is 23.5. The second kappa shape index (κ2) is 9.81. The first-order valence-electron chi connectivity index (χ1n) is 11.9. The van der Waals surface area contributed by atoms with Crippen LogP contribution in [0, 0.1) is 5.92 Å². The standard InChI is InChI=1S/C25H34N4O4.2ClH/c1-14(22(30)27-28-24(2,3)4)26-23(31)32-18-10-9-15-13-17-16-7-6-8-19-25(16,11-12-29(17)5)20(15)21(18)33-19;;/h6-7,9-10,14,16-17,19,28H,8,11-13H2,1-5H3,(H,26,31)(H,27,30);2*1H/t14-,16?,17?,19+,25-;;/m1../s1. The van der Waals surface area contributed by atoms with Crippen LogP contribution in [0.1, 0.15) is 51.7 Å². The maximum Gasteiger partial charge on any atom is 0.413 e. The van der Waals surface area contributed by atoms with Crippen molar-refractivity contribution in [3.8, 4) is 11.5 Å². The van der Waals surface area contributed by atoms with E-state index in [0.29, 0.717) is 23.5 Å². The van der Waals surface area contributed by atoms with Gasteiger partial charge in [0.2, 0.25) is 0 Å². The third-order valence-corrected chi connectivity index (χ3v) is 7.58. The van der Waals surface area contributed by atoms with Gasteiger partial charge in [-0.2, -0.15) is 0 Å². The van der Waals surface area contributed by atoms with Gasteiger partial charge in [-0.25, -0.2) is 10.2 Å². The molecule has 2 unspecified atom stereocenters. The van der Waals surface area contributed by atoms with E-state index in [-0.39, 0.29) is 47.8 Å². The highest BCUT2D eigenvalue weighted by Gasteiger charge is 2.62. The highest BCUT2D eigenvalue weighted by molar-refractivity contribution is 5.86. The number of hydrazine groups is 1. The number of carbonyl (C=O) groups excluding carboxylic acids is 2. The molecule has 8 nitrogen and oxygen atoms in total. The minimum atomic E-state index is -0.760. The number of benzene rings is 1. The van der Waals surface area contributed by atoms with Crippen LogP contribution in [0.4, 0.5) is 4.79 Å². The lowest BCUT2D eigenvalue weighted by Gasteiger charge is -2.55. The van der Waals surface area contributed by atoms with E-state index in [2.05, 4.69) is 46.3 Å². The van der Waals surface area contributed by atoms with Gasteiger partial charge in [-0.15, -0.1) is 24.8 Å². The number of nitrogens with zero attached hydrogens (tertiary/aromatic N) is 1. The van der Waals surface area contributed by atoms with E-state index in [0.717, 1.165) is 25.8 Å². The molecule has 3 N–H and O–H groups in total. The van der Waals surface area contributed by atoms with E-state index in [1.54, 1.807) is 6.92 Å². The van der Waals surface area contributed by atoms with Gasteiger partial charge in [0.1, 0.15) is 12.1 Å².